The molecule has 3 heteroatoms. The van der Waals surface area contributed by atoms with Crippen LogP contribution in [0.15, 0.2) is 24.3 Å². The summed E-state index contributed by atoms with van der Waals surface area (Å²) in [4.78, 5) is 0. The fourth-order valence-electron chi connectivity index (χ4n) is 1.48. The number of nitrogens with one attached hydrogen (secondary N) is 2. The highest BCUT2D eigenvalue weighted by atomic mass is 16.3. The van der Waals surface area contributed by atoms with Gasteiger partial charge < -0.3 is 5.11 Å². The molecule has 0 unspecified atom stereocenters. The minimum atomic E-state index is 0.347. The molecule has 0 radical (unpaired) electrons. The summed E-state index contributed by atoms with van der Waals surface area (Å²) in [6.07, 6.45) is 0. The third-order valence-corrected chi connectivity index (χ3v) is 2.16. The van der Waals surface area contributed by atoms with Crippen molar-refractivity contribution in [2.75, 3.05) is 13.1 Å². The summed E-state index contributed by atoms with van der Waals surface area (Å²) in [7, 11) is 0. The van der Waals surface area contributed by atoms with Gasteiger partial charge in [0.2, 0.25) is 0 Å². The van der Waals surface area contributed by atoms with Crippen molar-refractivity contribution in [2.45, 2.75) is 5.92 Å². The van der Waals surface area contributed by atoms with Crippen LogP contribution in [0.3, 0.4) is 0 Å². The molecule has 1 heterocycles. The summed E-state index contributed by atoms with van der Waals surface area (Å²) >= 11 is 0. The van der Waals surface area contributed by atoms with E-state index < -0.39 is 0 Å². The Morgan fingerprint density at radius 3 is 2.67 bits per heavy atom. The minimum Gasteiger partial charge on any atom is -0.508 e. The quantitative estimate of drug-likeness (QED) is 0.569. The molecule has 3 nitrogen and oxygen atoms in total. The van der Waals surface area contributed by atoms with Gasteiger partial charge in [-0.15, -0.1) is 0 Å². The molecule has 0 atom stereocenters. The summed E-state index contributed by atoms with van der Waals surface area (Å²) in [5.74, 6) is 0.830. The fraction of sp³-hybridized carbons (Fsp3) is 0.333. The highest BCUT2D eigenvalue weighted by Crippen LogP contribution is 2.20. The van der Waals surface area contributed by atoms with Crippen molar-refractivity contribution in [3.63, 3.8) is 0 Å². The first kappa shape index (κ1) is 7.58. The Morgan fingerprint density at radius 1 is 1.25 bits per heavy atom. The van der Waals surface area contributed by atoms with Gasteiger partial charge >= 0.3 is 0 Å². The normalized spacial score (nSPS) is 18.3. The van der Waals surface area contributed by atoms with Crippen LogP contribution in [0, 0.1) is 0 Å². The predicted octanol–water partition coefficient (Wildman–Crippen LogP) is 0.584. The number of aromatic hydroxyl groups is 1. The van der Waals surface area contributed by atoms with Gasteiger partial charge in [0.1, 0.15) is 5.75 Å². The van der Waals surface area contributed by atoms with Crippen LogP contribution in [0.25, 0.3) is 0 Å². The van der Waals surface area contributed by atoms with Crippen LogP contribution in [0.4, 0.5) is 0 Å². The molecule has 0 saturated carbocycles. The van der Waals surface area contributed by atoms with E-state index in [2.05, 4.69) is 10.9 Å². The minimum absolute atomic E-state index is 0.347. The lowest BCUT2D eigenvalue weighted by Gasteiger charge is -2.07. The van der Waals surface area contributed by atoms with Crippen LogP contribution in [0.2, 0.25) is 0 Å². The lowest BCUT2D eigenvalue weighted by Crippen LogP contribution is -2.21. The molecule has 3 N–H and O–H groups in total. The van der Waals surface area contributed by atoms with Gasteiger partial charge in [-0.1, -0.05) is 12.1 Å². The second-order valence-electron chi connectivity index (χ2n) is 3.05. The molecular weight excluding hydrogens is 152 g/mol. The third kappa shape index (κ3) is 1.42. The molecule has 64 valence electrons. The predicted molar refractivity (Wildman–Crippen MR) is 46.9 cm³/mol. The molecule has 0 aromatic heterocycles. The van der Waals surface area contributed by atoms with E-state index in [9.17, 15) is 5.11 Å². The van der Waals surface area contributed by atoms with Crippen molar-refractivity contribution in [3.05, 3.63) is 29.8 Å². The van der Waals surface area contributed by atoms with Crippen molar-refractivity contribution < 1.29 is 5.11 Å². The molecule has 2 rings (SSSR count). The van der Waals surface area contributed by atoms with Gasteiger partial charge in [-0.3, -0.25) is 10.9 Å². The smallest absolute Gasteiger partial charge is 0.115 e. The van der Waals surface area contributed by atoms with E-state index >= 15 is 0 Å². The van der Waals surface area contributed by atoms with Gasteiger partial charge in [0.25, 0.3) is 0 Å². The molecule has 1 aromatic carbocycles. The number of benzene rings is 1. The highest BCUT2D eigenvalue weighted by Gasteiger charge is 2.15. The Kier molecular flexibility index (Phi) is 1.98. The maximum atomic E-state index is 9.23. The summed E-state index contributed by atoms with van der Waals surface area (Å²) in [5, 5.41) is 9.23. The average molecular weight is 164 g/mol. The first-order valence-electron chi connectivity index (χ1n) is 4.11. The lowest BCUT2D eigenvalue weighted by atomic mass is 10.0. The van der Waals surface area contributed by atoms with E-state index in [1.54, 1.807) is 6.07 Å². The molecule has 0 amide bonds. The van der Waals surface area contributed by atoms with Crippen LogP contribution in [0.1, 0.15) is 11.5 Å². The van der Waals surface area contributed by atoms with Crippen LogP contribution in [-0.2, 0) is 0 Å². The molecule has 1 aliphatic heterocycles. The van der Waals surface area contributed by atoms with Gasteiger partial charge in [-0.2, -0.15) is 0 Å². The molecule has 12 heavy (non-hydrogen) atoms. The Bertz CT molecular complexity index is 269. The average Bonchev–Trinajstić information content (AvgIpc) is 2.56. The monoisotopic (exact) mass is 164 g/mol. The summed E-state index contributed by atoms with van der Waals surface area (Å²) < 4.78 is 0. The van der Waals surface area contributed by atoms with Crippen molar-refractivity contribution in [1.82, 2.24) is 10.9 Å². The molecule has 0 spiro atoms. The zero-order valence-electron chi connectivity index (χ0n) is 6.75. The number of phenolic OH excluding ortho intramolecular Hbond substituents is 1. The van der Waals surface area contributed by atoms with Gasteiger partial charge in [0, 0.05) is 19.0 Å². The Morgan fingerprint density at radius 2 is 2.00 bits per heavy atom. The lowest BCUT2D eigenvalue weighted by molar-refractivity contribution is 0.474. The van der Waals surface area contributed by atoms with Gasteiger partial charge in [0.05, 0.1) is 0 Å². The SMILES string of the molecule is Oc1cccc(C2CNNC2)c1. The number of hydrogen-bond donors (Lipinski definition) is 3. The maximum absolute atomic E-state index is 9.23. The second-order valence-corrected chi connectivity index (χ2v) is 3.05. The maximum Gasteiger partial charge on any atom is 0.115 e. The molecular formula is C9H12N2O. The fourth-order valence-corrected chi connectivity index (χ4v) is 1.48. The van der Waals surface area contributed by atoms with E-state index in [0.29, 0.717) is 11.7 Å². The van der Waals surface area contributed by atoms with Crippen LogP contribution in [-0.4, -0.2) is 18.2 Å². The number of hydrogen-bond acceptors (Lipinski definition) is 3. The van der Waals surface area contributed by atoms with Crippen molar-refractivity contribution in [2.24, 2.45) is 0 Å². The van der Waals surface area contributed by atoms with E-state index in [0.717, 1.165) is 13.1 Å². The third-order valence-electron chi connectivity index (χ3n) is 2.16. The molecule has 0 aliphatic carbocycles. The Hall–Kier alpha value is -1.06. The van der Waals surface area contributed by atoms with Crippen LogP contribution >= 0.6 is 0 Å². The zero-order valence-corrected chi connectivity index (χ0v) is 6.75. The molecule has 1 aliphatic rings. The first-order chi connectivity index (χ1) is 5.86. The Balaban J connectivity index is 2.21. The molecule has 1 fully saturated rings. The van der Waals surface area contributed by atoms with Gasteiger partial charge in [0.15, 0.2) is 0 Å². The molecule has 1 saturated heterocycles. The summed E-state index contributed by atoms with van der Waals surface area (Å²) in [6, 6.07) is 7.43. The second kappa shape index (κ2) is 3.13. The number of hydrazine groups is 1. The van der Waals surface area contributed by atoms with Gasteiger partial charge in [-0.05, 0) is 17.7 Å². The van der Waals surface area contributed by atoms with E-state index in [1.807, 2.05) is 18.2 Å². The first-order valence-corrected chi connectivity index (χ1v) is 4.11. The van der Waals surface area contributed by atoms with Gasteiger partial charge in [-0.25, -0.2) is 0 Å². The largest absolute Gasteiger partial charge is 0.508 e. The molecule has 1 aromatic rings. The van der Waals surface area contributed by atoms with E-state index in [4.69, 9.17) is 0 Å². The Labute approximate surface area is 71.4 Å². The van der Waals surface area contributed by atoms with E-state index in [1.165, 1.54) is 5.56 Å². The van der Waals surface area contributed by atoms with Crippen LogP contribution < -0.4 is 10.9 Å². The summed E-state index contributed by atoms with van der Waals surface area (Å²) in [5.41, 5.74) is 7.30. The number of rotatable bonds is 1. The molecule has 0 bridgehead atoms. The van der Waals surface area contributed by atoms with Crippen LogP contribution in [0.5, 0.6) is 5.75 Å². The highest BCUT2D eigenvalue weighted by molar-refractivity contribution is 5.30. The standard InChI is InChI=1S/C9H12N2O/c12-9-3-1-2-7(4-9)8-5-10-11-6-8/h1-4,8,10-12H,5-6H2. The summed E-state index contributed by atoms with van der Waals surface area (Å²) in [6.45, 7) is 1.87. The zero-order chi connectivity index (χ0) is 8.39. The topological polar surface area (TPSA) is 44.3 Å². The van der Waals surface area contributed by atoms with Crippen molar-refractivity contribution in [3.8, 4) is 5.75 Å². The van der Waals surface area contributed by atoms with Crippen molar-refractivity contribution >= 4 is 0 Å². The number of phenols is 1. The van der Waals surface area contributed by atoms with E-state index in [-0.39, 0.29) is 0 Å². The van der Waals surface area contributed by atoms with Crippen molar-refractivity contribution in [1.29, 1.82) is 0 Å².